The van der Waals surface area contributed by atoms with Crippen molar-refractivity contribution in [1.82, 2.24) is 15.2 Å². The Morgan fingerprint density at radius 3 is 2.67 bits per heavy atom. The number of amides is 1. The first-order valence-corrected chi connectivity index (χ1v) is 6.29. The number of rotatable bonds is 3. The van der Waals surface area contributed by atoms with Crippen molar-refractivity contribution in [3.05, 3.63) is 60.4 Å². The molecule has 1 amide bonds. The van der Waals surface area contributed by atoms with Crippen molar-refractivity contribution in [2.75, 3.05) is 5.32 Å². The van der Waals surface area contributed by atoms with E-state index in [2.05, 4.69) is 20.5 Å². The number of anilines is 1. The molecule has 0 aliphatic rings. The molecule has 6 heteroatoms. The summed E-state index contributed by atoms with van der Waals surface area (Å²) in [6.45, 7) is 0. The van der Waals surface area contributed by atoms with Crippen LogP contribution < -0.4 is 5.32 Å². The van der Waals surface area contributed by atoms with Crippen LogP contribution in [0.2, 0.25) is 0 Å². The average Bonchev–Trinajstić information content (AvgIpc) is 3.00. The highest BCUT2D eigenvalue weighted by molar-refractivity contribution is 6.07. The standard InChI is InChI=1S/C15H12N4O2/c20-11-6-4-10(5-7-11)18-15(21)12-9-17-19-14(12)13-3-1-2-8-16-13/h1-9,20H,(H,17,19)(H,18,21). The van der Waals surface area contributed by atoms with Crippen molar-refractivity contribution in [3.63, 3.8) is 0 Å². The van der Waals surface area contributed by atoms with Crippen LogP contribution in [0.1, 0.15) is 10.4 Å². The van der Waals surface area contributed by atoms with Crippen molar-refractivity contribution in [2.24, 2.45) is 0 Å². The number of pyridine rings is 1. The van der Waals surface area contributed by atoms with Gasteiger partial charge in [0, 0.05) is 11.9 Å². The number of aromatic nitrogens is 3. The number of H-pyrrole nitrogens is 1. The molecule has 3 N–H and O–H groups in total. The number of phenolic OH excluding ortho intramolecular Hbond substituents is 1. The molecule has 3 rings (SSSR count). The Hall–Kier alpha value is -3.15. The lowest BCUT2D eigenvalue weighted by Gasteiger charge is -2.05. The molecular formula is C15H12N4O2. The Morgan fingerprint density at radius 2 is 1.95 bits per heavy atom. The zero-order chi connectivity index (χ0) is 14.7. The molecule has 1 aromatic carbocycles. The fourth-order valence-electron chi connectivity index (χ4n) is 1.91. The molecule has 0 bridgehead atoms. The molecule has 3 aromatic rings. The zero-order valence-electron chi connectivity index (χ0n) is 10.9. The first-order chi connectivity index (χ1) is 10.2. The van der Waals surface area contributed by atoms with Crippen LogP contribution >= 0.6 is 0 Å². The minimum Gasteiger partial charge on any atom is -0.508 e. The topological polar surface area (TPSA) is 90.9 Å². The van der Waals surface area contributed by atoms with E-state index in [9.17, 15) is 9.90 Å². The van der Waals surface area contributed by atoms with Crippen LogP contribution in [0.3, 0.4) is 0 Å². The second-order valence-electron chi connectivity index (χ2n) is 4.37. The van der Waals surface area contributed by atoms with E-state index in [0.717, 1.165) is 0 Å². The van der Waals surface area contributed by atoms with Gasteiger partial charge in [0.1, 0.15) is 5.75 Å². The van der Waals surface area contributed by atoms with E-state index >= 15 is 0 Å². The second kappa shape index (κ2) is 5.46. The van der Waals surface area contributed by atoms with E-state index < -0.39 is 0 Å². The van der Waals surface area contributed by atoms with Crippen molar-refractivity contribution in [1.29, 1.82) is 0 Å². The van der Waals surface area contributed by atoms with Gasteiger partial charge in [0.25, 0.3) is 5.91 Å². The molecule has 0 saturated heterocycles. The van der Waals surface area contributed by atoms with Gasteiger partial charge < -0.3 is 10.4 Å². The number of benzene rings is 1. The minimum atomic E-state index is -0.296. The molecule has 0 atom stereocenters. The SMILES string of the molecule is O=C(Nc1ccc(O)cc1)c1cn[nH]c1-c1ccccn1. The van der Waals surface area contributed by atoms with Gasteiger partial charge in [0.2, 0.25) is 0 Å². The predicted molar refractivity (Wildman–Crippen MR) is 77.9 cm³/mol. The lowest BCUT2D eigenvalue weighted by atomic mass is 10.1. The van der Waals surface area contributed by atoms with Gasteiger partial charge in [-0.2, -0.15) is 5.10 Å². The fourth-order valence-corrected chi connectivity index (χ4v) is 1.91. The Labute approximate surface area is 120 Å². The highest BCUT2D eigenvalue weighted by Crippen LogP contribution is 2.20. The van der Waals surface area contributed by atoms with Gasteiger partial charge in [0.05, 0.1) is 23.1 Å². The third-order valence-electron chi connectivity index (χ3n) is 2.93. The summed E-state index contributed by atoms with van der Waals surface area (Å²) >= 11 is 0. The molecule has 2 aromatic heterocycles. The zero-order valence-corrected chi connectivity index (χ0v) is 10.9. The van der Waals surface area contributed by atoms with E-state index in [1.165, 1.54) is 18.3 Å². The number of carbonyl (C=O) groups is 1. The summed E-state index contributed by atoms with van der Waals surface area (Å²) in [5.41, 5.74) is 2.20. The molecule has 0 aliphatic carbocycles. The number of nitrogens with zero attached hydrogens (tertiary/aromatic N) is 2. The van der Waals surface area contributed by atoms with Crippen LogP contribution in [-0.4, -0.2) is 26.2 Å². The summed E-state index contributed by atoms with van der Waals surface area (Å²) in [7, 11) is 0. The highest BCUT2D eigenvalue weighted by atomic mass is 16.3. The molecule has 0 fully saturated rings. The average molecular weight is 280 g/mol. The lowest BCUT2D eigenvalue weighted by Crippen LogP contribution is -2.12. The second-order valence-corrected chi connectivity index (χ2v) is 4.37. The number of hydrogen-bond donors (Lipinski definition) is 3. The van der Waals surface area contributed by atoms with Crippen LogP contribution in [0.25, 0.3) is 11.4 Å². The smallest absolute Gasteiger partial charge is 0.259 e. The number of nitrogens with one attached hydrogen (secondary N) is 2. The van der Waals surface area contributed by atoms with Crippen molar-refractivity contribution in [2.45, 2.75) is 0 Å². The van der Waals surface area contributed by atoms with E-state index in [1.807, 2.05) is 6.07 Å². The van der Waals surface area contributed by atoms with Crippen LogP contribution in [-0.2, 0) is 0 Å². The molecule has 0 radical (unpaired) electrons. The van der Waals surface area contributed by atoms with Crippen LogP contribution in [0.15, 0.2) is 54.9 Å². The Kier molecular flexibility index (Phi) is 3.34. The molecule has 104 valence electrons. The predicted octanol–water partition coefficient (Wildman–Crippen LogP) is 2.43. The van der Waals surface area contributed by atoms with Crippen LogP contribution in [0, 0.1) is 0 Å². The molecule has 0 aliphatic heterocycles. The van der Waals surface area contributed by atoms with Crippen LogP contribution in [0.5, 0.6) is 5.75 Å². The maximum Gasteiger partial charge on any atom is 0.259 e. The molecule has 0 saturated carbocycles. The number of carbonyl (C=O) groups excluding carboxylic acids is 1. The van der Waals surface area contributed by atoms with Gasteiger partial charge in [0.15, 0.2) is 0 Å². The summed E-state index contributed by atoms with van der Waals surface area (Å²) < 4.78 is 0. The largest absolute Gasteiger partial charge is 0.508 e. The van der Waals surface area contributed by atoms with Crippen molar-refractivity contribution >= 4 is 11.6 Å². The number of phenols is 1. The molecule has 21 heavy (non-hydrogen) atoms. The minimum absolute atomic E-state index is 0.144. The monoisotopic (exact) mass is 280 g/mol. The fraction of sp³-hybridized carbons (Fsp3) is 0. The summed E-state index contributed by atoms with van der Waals surface area (Å²) in [6, 6.07) is 11.7. The molecule has 0 spiro atoms. The highest BCUT2D eigenvalue weighted by Gasteiger charge is 2.16. The summed E-state index contributed by atoms with van der Waals surface area (Å²) in [5.74, 6) is -0.152. The van der Waals surface area contributed by atoms with Gasteiger partial charge in [-0.25, -0.2) is 0 Å². The maximum atomic E-state index is 12.3. The summed E-state index contributed by atoms with van der Waals surface area (Å²) in [5, 5.41) is 18.7. The third-order valence-corrected chi connectivity index (χ3v) is 2.93. The van der Waals surface area contributed by atoms with Gasteiger partial charge >= 0.3 is 0 Å². The summed E-state index contributed by atoms with van der Waals surface area (Å²) in [4.78, 5) is 16.5. The summed E-state index contributed by atoms with van der Waals surface area (Å²) in [6.07, 6.45) is 3.11. The molecule has 6 nitrogen and oxygen atoms in total. The first-order valence-electron chi connectivity index (χ1n) is 6.29. The number of aromatic hydroxyl groups is 1. The number of hydrogen-bond acceptors (Lipinski definition) is 4. The Bertz CT molecular complexity index is 751. The maximum absolute atomic E-state index is 12.3. The van der Waals surface area contributed by atoms with Gasteiger partial charge in [-0.15, -0.1) is 0 Å². The number of aromatic amines is 1. The first kappa shape index (κ1) is 12.9. The Morgan fingerprint density at radius 1 is 1.14 bits per heavy atom. The van der Waals surface area contributed by atoms with Gasteiger partial charge in [-0.3, -0.25) is 14.9 Å². The van der Waals surface area contributed by atoms with Gasteiger partial charge in [-0.1, -0.05) is 6.07 Å². The van der Waals surface area contributed by atoms with E-state index in [1.54, 1.807) is 30.5 Å². The molecular weight excluding hydrogens is 268 g/mol. The third kappa shape index (κ3) is 2.74. The quantitative estimate of drug-likeness (QED) is 0.643. The lowest BCUT2D eigenvalue weighted by molar-refractivity contribution is 0.102. The van der Waals surface area contributed by atoms with E-state index in [0.29, 0.717) is 22.6 Å². The van der Waals surface area contributed by atoms with Gasteiger partial charge in [-0.05, 0) is 36.4 Å². The van der Waals surface area contributed by atoms with Crippen molar-refractivity contribution in [3.8, 4) is 17.1 Å². The Balaban J connectivity index is 1.86. The van der Waals surface area contributed by atoms with E-state index in [4.69, 9.17) is 0 Å². The normalized spacial score (nSPS) is 10.3. The molecule has 2 heterocycles. The van der Waals surface area contributed by atoms with Crippen molar-refractivity contribution < 1.29 is 9.90 Å². The molecule has 0 unspecified atom stereocenters. The van der Waals surface area contributed by atoms with Crippen LogP contribution in [0.4, 0.5) is 5.69 Å². The van der Waals surface area contributed by atoms with E-state index in [-0.39, 0.29) is 11.7 Å².